The molecule has 0 atom stereocenters. The standard InChI is InChI=1S/C25H21N3O4S2/c1-30-21-10-9-16(12-22(21)31-2)23-26-17(14-33-23)15-34-25-27-20-8-4-3-7-19(20)24(29)28(25)13-18-6-5-11-32-18/h3-12,14H,13,15H2,1-2H3. The summed E-state index contributed by atoms with van der Waals surface area (Å²) in [4.78, 5) is 22.8. The van der Waals surface area contributed by atoms with Gasteiger partial charge in [-0.1, -0.05) is 23.9 Å². The van der Waals surface area contributed by atoms with E-state index in [9.17, 15) is 4.79 Å². The third kappa shape index (κ3) is 4.44. The summed E-state index contributed by atoms with van der Waals surface area (Å²) in [6.45, 7) is 0.319. The Morgan fingerprint density at radius 3 is 2.68 bits per heavy atom. The number of nitrogens with zero attached hydrogens (tertiary/aromatic N) is 3. The zero-order chi connectivity index (χ0) is 23.5. The molecule has 0 saturated carbocycles. The molecule has 0 spiro atoms. The van der Waals surface area contributed by atoms with E-state index < -0.39 is 0 Å². The van der Waals surface area contributed by atoms with Gasteiger partial charge < -0.3 is 13.9 Å². The van der Waals surface area contributed by atoms with Crippen LogP contribution in [0.25, 0.3) is 21.5 Å². The van der Waals surface area contributed by atoms with Crippen LogP contribution in [0, 0.1) is 0 Å². The number of methoxy groups -OCH3 is 2. The van der Waals surface area contributed by atoms with E-state index in [1.807, 2.05) is 53.9 Å². The van der Waals surface area contributed by atoms with Gasteiger partial charge in [0.15, 0.2) is 16.7 Å². The summed E-state index contributed by atoms with van der Waals surface area (Å²) in [5.74, 6) is 2.61. The number of hydrogen-bond acceptors (Lipinski definition) is 8. The lowest BCUT2D eigenvalue weighted by Gasteiger charge is -2.11. The molecule has 0 saturated heterocycles. The number of para-hydroxylation sites is 1. The molecule has 3 aromatic heterocycles. The highest BCUT2D eigenvalue weighted by Gasteiger charge is 2.15. The molecule has 0 aliphatic rings. The topological polar surface area (TPSA) is 79.4 Å². The zero-order valence-corrected chi connectivity index (χ0v) is 20.2. The van der Waals surface area contributed by atoms with E-state index in [0.29, 0.717) is 45.6 Å². The number of thioether (sulfide) groups is 1. The molecule has 7 nitrogen and oxygen atoms in total. The highest BCUT2D eigenvalue weighted by Crippen LogP contribution is 2.34. The maximum absolute atomic E-state index is 13.2. The molecule has 0 N–H and O–H groups in total. The lowest BCUT2D eigenvalue weighted by Crippen LogP contribution is -2.23. The van der Waals surface area contributed by atoms with Crippen molar-refractivity contribution in [2.75, 3.05) is 14.2 Å². The minimum Gasteiger partial charge on any atom is -0.493 e. The largest absolute Gasteiger partial charge is 0.493 e. The van der Waals surface area contributed by atoms with E-state index in [4.69, 9.17) is 23.9 Å². The van der Waals surface area contributed by atoms with Gasteiger partial charge in [0.05, 0.1) is 43.6 Å². The van der Waals surface area contributed by atoms with Gasteiger partial charge in [-0.05, 0) is 42.5 Å². The van der Waals surface area contributed by atoms with Crippen molar-refractivity contribution in [3.05, 3.63) is 88.0 Å². The molecule has 0 amide bonds. The molecule has 0 aliphatic carbocycles. The van der Waals surface area contributed by atoms with Gasteiger partial charge in [-0.3, -0.25) is 9.36 Å². The van der Waals surface area contributed by atoms with Crippen LogP contribution >= 0.6 is 23.1 Å². The first-order valence-electron chi connectivity index (χ1n) is 10.5. The summed E-state index contributed by atoms with van der Waals surface area (Å²) in [7, 11) is 3.23. The monoisotopic (exact) mass is 491 g/mol. The maximum atomic E-state index is 13.2. The van der Waals surface area contributed by atoms with Crippen molar-refractivity contribution in [1.82, 2.24) is 14.5 Å². The first-order valence-corrected chi connectivity index (χ1v) is 12.3. The minimum atomic E-state index is -0.0891. The van der Waals surface area contributed by atoms with Crippen molar-refractivity contribution in [3.63, 3.8) is 0 Å². The van der Waals surface area contributed by atoms with Gasteiger partial charge in [0.2, 0.25) is 0 Å². The SMILES string of the molecule is COc1ccc(-c2nc(CSc3nc4ccccc4c(=O)n3Cc3ccco3)cs2)cc1OC. The van der Waals surface area contributed by atoms with Gasteiger partial charge >= 0.3 is 0 Å². The Balaban J connectivity index is 1.42. The fourth-order valence-electron chi connectivity index (χ4n) is 3.57. The third-order valence-corrected chi connectivity index (χ3v) is 7.20. The molecular formula is C25H21N3O4S2. The Kier molecular flexibility index (Phi) is 6.37. The second-order valence-corrected chi connectivity index (χ2v) is 9.19. The van der Waals surface area contributed by atoms with Crippen LogP contribution in [0.5, 0.6) is 11.5 Å². The number of furan rings is 1. The molecule has 5 rings (SSSR count). The average Bonchev–Trinajstić information content (AvgIpc) is 3.56. The Morgan fingerprint density at radius 2 is 1.88 bits per heavy atom. The van der Waals surface area contributed by atoms with Gasteiger partial charge in [0.1, 0.15) is 10.8 Å². The molecule has 34 heavy (non-hydrogen) atoms. The van der Waals surface area contributed by atoms with Gasteiger partial charge in [-0.25, -0.2) is 9.97 Å². The van der Waals surface area contributed by atoms with Gasteiger partial charge in [0, 0.05) is 16.7 Å². The van der Waals surface area contributed by atoms with Crippen LogP contribution in [0.4, 0.5) is 0 Å². The number of benzene rings is 2. The van der Waals surface area contributed by atoms with Crippen molar-refractivity contribution in [2.45, 2.75) is 17.5 Å². The lowest BCUT2D eigenvalue weighted by molar-refractivity contribution is 0.355. The van der Waals surface area contributed by atoms with Gasteiger partial charge in [-0.2, -0.15) is 0 Å². The molecule has 0 bridgehead atoms. The highest BCUT2D eigenvalue weighted by molar-refractivity contribution is 7.98. The Hall–Kier alpha value is -3.56. The van der Waals surface area contributed by atoms with Gasteiger partial charge in [-0.15, -0.1) is 11.3 Å². The van der Waals surface area contributed by atoms with Crippen LogP contribution in [-0.2, 0) is 12.3 Å². The van der Waals surface area contributed by atoms with Gasteiger partial charge in [0.25, 0.3) is 5.56 Å². The molecule has 9 heteroatoms. The van der Waals surface area contributed by atoms with Crippen molar-refractivity contribution in [2.24, 2.45) is 0 Å². The van der Waals surface area contributed by atoms with Crippen LogP contribution in [0.3, 0.4) is 0 Å². The van der Waals surface area contributed by atoms with E-state index >= 15 is 0 Å². The van der Waals surface area contributed by atoms with Crippen molar-refractivity contribution in [3.8, 4) is 22.1 Å². The Bertz CT molecular complexity index is 1490. The first-order chi connectivity index (χ1) is 16.7. The smallest absolute Gasteiger partial charge is 0.262 e. The first kappa shape index (κ1) is 22.2. The van der Waals surface area contributed by atoms with E-state index in [0.717, 1.165) is 16.3 Å². The van der Waals surface area contributed by atoms with Crippen LogP contribution in [-0.4, -0.2) is 28.8 Å². The second-order valence-electron chi connectivity index (χ2n) is 7.38. The quantitative estimate of drug-likeness (QED) is 0.210. The molecule has 5 aromatic rings. The van der Waals surface area contributed by atoms with Crippen LogP contribution < -0.4 is 15.0 Å². The number of thiazole rings is 1. The molecule has 0 unspecified atom stereocenters. The van der Waals surface area contributed by atoms with E-state index in [1.165, 1.54) is 11.8 Å². The Labute approximate surface area is 204 Å². The number of fused-ring (bicyclic) bond motifs is 1. The molecular weight excluding hydrogens is 470 g/mol. The highest BCUT2D eigenvalue weighted by atomic mass is 32.2. The van der Waals surface area contributed by atoms with E-state index in [2.05, 4.69) is 0 Å². The third-order valence-electron chi connectivity index (χ3n) is 5.25. The number of ether oxygens (including phenoxy) is 2. The number of rotatable bonds is 8. The van der Waals surface area contributed by atoms with Crippen molar-refractivity contribution in [1.29, 1.82) is 0 Å². The zero-order valence-electron chi connectivity index (χ0n) is 18.6. The molecule has 3 heterocycles. The average molecular weight is 492 g/mol. The summed E-state index contributed by atoms with van der Waals surface area (Å²) < 4.78 is 17.9. The van der Waals surface area contributed by atoms with Crippen LogP contribution in [0.1, 0.15) is 11.5 Å². The summed E-state index contributed by atoms with van der Waals surface area (Å²) in [6, 6.07) is 16.8. The van der Waals surface area contributed by atoms with Crippen molar-refractivity contribution < 1.29 is 13.9 Å². The van der Waals surface area contributed by atoms with E-state index in [1.54, 1.807) is 42.5 Å². The van der Waals surface area contributed by atoms with Crippen LogP contribution in [0.2, 0.25) is 0 Å². The fraction of sp³-hybridized carbons (Fsp3) is 0.160. The normalized spacial score (nSPS) is 11.1. The number of hydrogen-bond donors (Lipinski definition) is 0. The maximum Gasteiger partial charge on any atom is 0.262 e. The molecule has 0 aliphatic heterocycles. The summed E-state index contributed by atoms with van der Waals surface area (Å²) in [5.41, 5.74) is 2.45. The predicted octanol–water partition coefficient (Wildman–Crippen LogP) is 5.47. The number of aromatic nitrogens is 3. The van der Waals surface area contributed by atoms with Crippen LogP contribution in [0.15, 0.2) is 80.6 Å². The molecule has 0 fully saturated rings. The molecule has 2 aromatic carbocycles. The lowest BCUT2D eigenvalue weighted by atomic mass is 10.2. The molecule has 0 radical (unpaired) electrons. The summed E-state index contributed by atoms with van der Waals surface area (Å²) in [5, 5.41) is 4.12. The fourth-order valence-corrected chi connectivity index (χ4v) is 5.38. The van der Waals surface area contributed by atoms with E-state index in [-0.39, 0.29) is 5.56 Å². The molecule has 172 valence electrons. The summed E-state index contributed by atoms with van der Waals surface area (Å²) >= 11 is 3.04. The predicted molar refractivity (Wildman–Crippen MR) is 134 cm³/mol. The van der Waals surface area contributed by atoms with Crippen molar-refractivity contribution >= 4 is 34.0 Å². The second kappa shape index (κ2) is 9.74. The Morgan fingerprint density at radius 1 is 1.03 bits per heavy atom. The minimum absolute atomic E-state index is 0.0891. The summed E-state index contributed by atoms with van der Waals surface area (Å²) in [6.07, 6.45) is 1.60.